The Morgan fingerprint density at radius 1 is 0.857 bits per heavy atom. The van der Waals surface area contributed by atoms with Crippen LogP contribution in [0.25, 0.3) is 0 Å². The number of nitrogens with zero attached hydrogens (tertiary/aromatic N) is 2. The van der Waals surface area contributed by atoms with Crippen LogP contribution in [0.15, 0.2) is 78.9 Å². The minimum absolute atomic E-state index is 0.00508. The van der Waals surface area contributed by atoms with Crippen LogP contribution in [0, 0.1) is 5.92 Å². The van der Waals surface area contributed by atoms with Crippen molar-refractivity contribution in [1.29, 1.82) is 0 Å². The molecule has 0 spiro atoms. The van der Waals surface area contributed by atoms with Gasteiger partial charge in [-0.2, -0.15) is 0 Å². The van der Waals surface area contributed by atoms with Crippen LogP contribution < -0.4 is 10.2 Å². The fourth-order valence-corrected chi connectivity index (χ4v) is 4.90. The summed E-state index contributed by atoms with van der Waals surface area (Å²) in [6.45, 7) is 8.61. The van der Waals surface area contributed by atoms with E-state index in [4.69, 9.17) is 11.6 Å². The maximum absolute atomic E-state index is 13.7. The molecule has 0 bridgehead atoms. The van der Waals surface area contributed by atoms with Gasteiger partial charge in [-0.25, -0.2) is 0 Å². The quantitative estimate of drug-likeness (QED) is 0.491. The number of hydrogen-bond acceptors (Lipinski definition) is 3. The summed E-state index contributed by atoms with van der Waals surface area (Å²) in [5, 5.41) is 3.67. The van der Waals surface area contributed by atoms with Gasteiger partial charge in [0.1, 0.15) is 0 Å². The SMILES string of the molecule is CC(C)C(=O)N1CCN(c2ccc(NC(=O)C(C)(c3ccccc3)c3ccccc3)cc2Cl)CC1. The van der Waals surface area contributed by atoms with Gasteiger partial charge in [-0.15, -0.1) is 0 Å². The molecule has 0 saturated carbocycles. The summed E-state index contributed by atoms with van der Waals surface area (Å²) in [5.74, 6) is 0.0682. The summed E-state index contributed by atoms with van der Waals surface area (Å²) in [7, 11) is 0. The number of piperazine rings is 1. The highest BCUT2D eigenvalue weighted by Gasteiger charge is 2.37. The molecule has 5 nitrogen and oxygen atoms in total. The van der Waals surface area contributed by atoms with Crippen molar-refractivity contribution in [3.63, 3.8) is 0 Å². The predicted molar refractivity (Wildman–Crippen MR) is 143 cm³/mol. The van der Waals surface area contributed by atoms with Crippen LogP contribution in [0.1, 0.15) is 31.9 Å². The summed E-state index contributed by atoms with van der Waals surface area (Å²) in [6, 6.07) is 25.2. The van der Waals surface area contributed by atoms with Crippen molar-refractivity contribution in [2.45, 2.75) is 26.2 Å². The van der Waals surface area contributed by atoms with Gasteiger partial charge >= 0.3 is 0 Å². The van der Waals surface area contributed by atoms with E-state index in [0.717, 1.165) is 29.9 Å². The van der Waals surface area contributed by atoms with Crippen LogP contribution in [-0.2, 0) is 15.0 Å². The maximum atomic E-state index is 13.7. The highest BCUT2D eigenvalue weighted by molar-refractivity contribution is 6.33. The van der Waals surface area contributed by atoms with E-state index in [1.807, 2.05) is 98.5 Å². The highest BCUT2D eigenvalue weighted by Crippen LogP contribution is 2.35. The number of carbonyl (C=O) groups is 2. The normalized spacial score (nSPS) is 14.2. The highest BCUT2D eigenvalue weighted by atomic mass is 35.5. The van der Waals surface area contributed by atoms with Crippen LogP contribution in [0.3, 0.4) is 0 Å². The Bertz CT molecular complexity index is 1130. The molecule has 0 radical (unpaired) electrons. The van der Waals surface area contributed by atoms with Crippen LogP contribution in [0.5, 0.6) is 0 Å². The fourth-order valence-electron chi connectivity index (χ4n) is 4.60. The van der Waals surface area contributed by atoms with Gasteiger partial charge in [0, 0.05) is 37.8 Å². The third kappa shape index (κ3) is 5.20. The van der Waals surface area contributed by atoms with Gasteiger partial charge in [-0.1, -0.05) is 86.1 Å². The summed E-state index contributed by atoms with van der Waals surface area (Å²) in [5.41, 5.74) is 2.53. The summed E-state index contributed by atoms with van der Waals surface area (Å²) in [4.78, 5) is 30.1. The predicted octanol–water partition coefficient (Wildman–Crippen LogP) is 5.59. The second kappa shape index (κ2) is 10.5. The first-order valence-electron chi connectivity index (χ1n) is 12.1. The van der Waals surface area contributed by atoms with Crippen LogP contribution in [0.2, 0.25) is 5.02 Å². The summed E-state index contributed by atoms with van der Waals surface area (Å²) >= 11 is 6.67. The van der Waals surface area contributed by atoms with E-state index in [2.05, 4.69) is 10.2 Å². The second-order valence-corrected chi connectivity index (χ2v) is 9.85. The van der Waals surface area contributed by atoms with E-state index in [0.29, 0.717) is 23.8 Å². The first-order valence-corrected chi connectivity index (χ1v) is 12.4. The molecule has 4 rings (SSSR count). The van der Waals surface area contributed by atoms with Crippen LogP contribution in [-0.4, -0.2) is 42.9 Å². The first kappa shape index (κ1) is 24.8. The van der Waals surface area contributed by atoms with Gasteiger partial charge in [-0.3, -0.25) is 9.59 Å². The third-order valence-corrected chi connectivity index (χ3v) is 7.09. The van der Waals surface area contributed by atoms with Gasteiger partial charge in [0.05, 0.1) is 16.1 Å². The number of rotatable bonds is 6. The number of carbonyl (C=O) groups excluding carboxylic acids is 2. The molecule has 35 heavy (non-hydrogen) atoms. The maximum Gasteiger partial charge on any atom is 0.239 e. The standard InChI is InChI=1S/C29H32ClN3O2/c1-21(2)27(34)33-18-16-32(17-19-33)26-15-14-24(20-25(26)30)31-28(35)29(3,22-10-6-4-7-11-22)23-12-8-5-9-13-23/h4-15,20-21H,16-19H2,1-3H3,(H,31,35). The van der Waals surface area contributed by atoms with Gasteiger partial charge < -0.3 is 15.1 Å². The first-order chi connectivity index (χ1) is 16.8. The zero-order valence-electron chi connectivity index (χ0n) is 20.5. The van der Waals surface area contributed by atoms with E-state index in [1.54, 1.807) is 6.07 Å². The minimum atomic E-state index is -0.868. The van der Waals surface area contributed by atoms with Crippen molar-refractivity contribution in [2.24, 2.45) is 5.92 Å². The molecule has 1 heterocycles. The largest absolute Gasteiger partial charge is 0.367 e. The monoisotopic (exact) mass is 489 g/mol. The molecule has 1 N–H and O–H groups in total. The Labute approximate surface area is 212 Å². The summed E-state index contributed by atoms with van der Waals surface area (Å²) in [6.07, 6.45) is 0. The molecule has 1 saturated heterocycles. The lowest BCUT2D eigenvalue weighted by Gasteiger charge is -2.37. The van der Waals surface area contributed by atoms with Crippen molar-refractivity contribution >= 4 is 34.8 Å². The number of hydrogen-bond donors (Lipinski definition) is 1. The van der Waals surface area contributed by atoms with E-state index in [9.17, 15) is 9.59 Å². The number of halogens is 1. The molecule has 0 aliphatic carbocycles. The van der Waals surface area contributed by atoms with Crippen molar-refractivity contribution in [2.75, 3.05) is 36.4 Å². The zero-order chi connectivity index (χ0) is 25.0. The van der Waals surface area contributed by atoms with Crippen molar-refractivity contribution in [1.82, 2.24) is 4.90 Å². The molecule has 0 aromatic heterocycles. The molecule has 2 amide bonds. The molecule has 1 aliphatic rings. The van der Waals surface area contributed by atoms with Crippen LogP contribution in [0.4, 0.5) is 11.4 Å². The molecule has 3 aromatic carbocycles. The topological polar surface area (TPSA) is 52.7 Å². The van der Waals surface area contributed by atoms with Gasteiger partial charge in [0.15, 0.2) is 0 Å². The Balaban J connectivity index is 1.52. The lowest BCUT2D eigenvalue weighted by Crippen LogP contribution is -2.50. The third-order valence-electron chi connectivity index (χ3n) is 6.79. The van der Waals surface area contributed by atoms with Crippen LogP contribution >= 0.6 is 11.6 Å². The van der Waals surface area contributed by atoms with E-state index >= 15 is 0 Å². The number of anilines is 2. The Hall–Kier alpha value is -3.31. The second-order valence-electron chi connectivity index (χ2n) is 9.44. The fraction of sp³-hybridized carbons (Fsp3) is 0.310. The van der Waals surface area contributed by atoms with E-state index in [1.165, 1.54) is 0 Å². The average molecular weight is 490 g/mol. The molecule has 182 valence electrons. The average Bonchev–Trinajstić information content (AvgIpc) is 2.89. The Morgan fingerprint density at radius 2 is 1.40 bits per heavy atom. The minimum Gasteiger partial charge on any atom is -0.367 e. The van der Waals surface area contributed by atoms with E-state index < -0.39 is 5.41 Å². The molecule has 0 atom stereocenters. The summed E-state index contributed by atoms with van der Waals surface area (Å²) < 4.78 is 0. The zero-order valence-corrected chi connectivity index (χ0v) is 21.3. The Morgan fingerprint density at radius 3 is 1.89 bits per heavy atom. The molecular weight excluding hydrogens is 458 g/mol. The lowest BCUT2D eigenvalue weighted by atomic mass is 9.75. The van der Waals surface area contributed by atoms with Crippen molar-refractivity contribution < 1.29 is 9.59 Å². The van der Waals surface area contributed by atoms with E-state index in [-0.39, 0.29) is 17.7 Å². The lowest BCUT2D eigenvalue weighted by molar-refractivity contribution is -0.134. The van der Waals surface area contributed by atoms with Crippen molar-refractivity contribution in [3.05, 3.63) is 95.0 Å². The number of amides is 2. The van der Waals surface area contributed by atoms with Gasteiger partial charge in [-0.05, 0) is 36.2 Å². The molecule has 1 aliphatic heterocycles. The smallest absolute Gasteiger partial charge is 0.239 e. The molecule has 1 fully saturated rings. The molecule has 6 heteroatoms. The number of benzene rings is 3. The molecule has 0 unspecified atom stereocenters. The van der Waals surface area contributed by atoms with Gasteiger partial charge in [0.2, 0.25) is 11.8 Å². The molecular formula is C29H32ClN3O2. The Kier molecular flexibility index (Phi) is 7.46. The molecule has 3 aromatic rings. The van der Waals surface area contributed by atoms with Gasteiger partial charge in [0.25, 0.3) is 0 Å². The van der Waals surface area contributed by atoms with Crippen molar-refractivity contribution in [3.8, 4) is 0 Å². The number of nitrogens with one attached hydrogen (secondary N) is 1.